The molecule has 3 heteroatoms. The molecule has 1 aliphatic carbocycles. The van der Waals surface area contributed by atoms with E-state index in [0.29, 0.717) is 6.61 Å². The fourth-order valence-electron chi connectivity index (χ4n) is 1.81. The van der Waals surface area contributed by atoms with Crippen LogP contribution in [0, 0.1) is 0 Å². The van der Waals surface area contributed by atoms with Crippen LogP contribution in [0.1, 0.15) is 24.0 Å². The highest BCUT2D eigenvalue weighted by molar-refractivity contribution is 5.24. The largest absolute Gasteiger partial charge is 0.378 e. The maximum atomic E-state index is 5.49. The van der Waals surface area contributed by atoms with Gasteiger partial charge in [0.05, 0.1) is 12.2 Å². The topological polar surface area (TPSA) is 44.5 Å². The summed E-state index contributed by atoms with van der Waals surface area (Å²) in [5.74, 6) is 5.01. The SMILES string of the molecule is COC1(Cc2ccc(CON)cc2)CC1. The Morgan fingerprint density at radius 1 is 1.20 bits per heavy atom. The Balaban J connectivity index is 1.98. The number of benzene rings is 1. The van der Waals surface area contributed by atoms with E-state index in [4.69, 9.17) is 10.6 Å². The second-order valence-corrected chi connectivity index (χ2v) is 4.19. The highest BCUT2D eigenvalue weighted by atomic mass is 16.6. The number of methoxy groups -OCH3 is 1. The van der Waals surface area contributed by atoms with Crippen LogP contribution in [0.5, 0.6) is 0 Å². The Bertz CT molecular complexity index is 317. The first-order valence-corrected chi connectivity index (χ1v) is 5.23. The zero-order chi connectivity index (χ0) is 10.7. The summed E-state index contributed by atoms with van der Waals surface area (Å²) in [6, 6.07) is 8.34. The molecule has 1 fully saturated rings. The molecule has 0 aliphatic heterocycles. The summed E-state index contributed by atoms with van der Waals surface area (Å²) in [5, 5.41) is 0. The van der Waals surface area contributed by atoms with Gasteiger partial charge in [-0.2, -0.15) is 0 Å². The monoisotopic (exact) mass is 207 g/mol. The summed E-state index contributed by atoms with van der Waals surface area (Å²) in [6.45, 7) is 0.468. The van der Waals surface area contributed by atoms with E-state index in [1.165, 1.54) is 18.4 Å². The van der Waals surface area contributed by atoms with E-state index >= 15 is 0 Å². The molecule has 0 aromatic heterocycles. The maximum absolute atomic E-state index is 5.49. The summed E-state index contributed by atoms with van der Waals surface area (Å²) in [5.41, 5.74) is 2.55. The van der Waals surface area contributed by atoms with Crippen molar-refractivity contribution in [2.45, 2.75) is 31.5 Å². The van der Waals surface area contributed by atoms with Crippen molar-refractivity contribution in [3.63, 3.8) is 0 Å². The summed E-state index contributed by atoms with van der Waals surface area (Å²) in [4.78, 5) is 4.58. The molecule has 0 atom stereocenters. The lowest BCUT2D eigenvalue weighted by atomic mass is 10.0. The fourth-order valence-corrected chi connectivity index (χ4v) is 1.81. The second-order valence-electron chi connectivity index (χ2n) is 4.19. The van der Waals surface area contributed by atoms with Crippen LogP contribution < -0.4 is 5.90 Å². The third kappa shape index (κ3) is 2.56. The summed E-state index contributed by atoms with van der Waals surface area (Å²) in [6.07, 6.45) is 3.36. The molecule has 3 nitrogen and oxygen atoms in total. The van der Waals surface area contributed by atoms with Gasteiger partial charge >= 0.3 is 0 Å². The van der Waals surface area contributed by atoms with Crippen LogP contribution in [0.3, 0.4) is 0 Å². The summed E-state index contributed by atoms with van der Waals surface area (Å²) >= 11 is 0. The Morgan fingerprint density at radius 3 is 2.27 bits per heavy atom. The van der Waals surface area contributed by atoms with E-state index in [2.05, 4.69) is 17.0 Å². The average molecular weight is 207 g/mol. The van der Waals surface area contributed by atoms with Crippen molar-refractivity contribution in [1.29, 1.82) is 0 Å². The van der Waals surface area contributed by atoms with E-state index in [1.54, 1.807) is 7.11 Å². The van der Waals surface area contributed by atoms with Gasteiger partial charge in [0.25, 0.3) is 0 Å². The molecule has 0 heterocycles. The number of hydrogen-bond acceptors (Lipinski definition) is 3. The molecule has 0 saturated heterocycles. The van der Waals surface area contributed by atoms with Crippen LogP contribution in [0.2, 0.25) is 0 Å². The van der Waals surface area contributed by atoms with E-state index in [0.717, 1.165) is 12.0 Å². The molecule has 82 valence electrons. The van der Waals surface area contributed by atoms with Gasteiger partial charge in [0.15, 0.2) is 0 Å². The molecular formula is C12H17NO2. The van der Waals surface area contributed by atoms with Crippen LogP contribution in [0.15, 0.2) is 24.3 Å². The summed E-state index contributed by atoms with van der Waals surface area (Å²) < 4.78 is 5.49. The van der Waals surface area contributed by atoms with Crippen molar-refractivity contribution >= 4 is 0 Å². The minimum Gasteiger partial charge on any atom is -0.378 e. The molecule has 0 unspecified atom stereocenters. The molecule has 0 spiro atoms. The molecule has 2 N–H and O–H groups in total. The molecule has 1 aromatic rings. The van der Waals surface area contributed by atoms with Crippen molar-refractivity contribution in [2.24, 2.45) is 5.90 Å². The molecule has 1 saturated carbocycles. The Labute approximate surface area is 90.1 Å². The normalized spacial score (nSPS) is 17.7. The number of ether oxygens (including phenoxy) is 1. The van der Waals surface area contributed by atoms with Gasteiger partial charge in [-0.3, -0.25) is 4.84 Å². The average Bonchev–Trinajstić information content (AvgIpc) is 3.02. The first-order valence-electron chi connectivity index (χ1n) is 5.23. The van der Waals surface area contributed by atoms with E-state index < -0.39 is 0 Å². The minimum absolute atomic E-state index is 0.131. The number of nitrogens with two attached hydrogens (primary N) is 1. The highest BCUT2D eigenvalue weighted by Crippen LogP contribution is 2.41. The fraction of sp³-hybridized carbons (Fsp3) is 0.500. The smallest absolute Gasteiger partial charge is 0.0930 e. The van der Waals surface area contributed by atoms with Gasteiger partial charge in [0, 0.05) is 13.5 Å². The lowest BCUT2D eigenvalue weighted by Gasteiger charge is -2.13. The van der Waals surface area contributed by atoms with Gasteiger partial charge in [-0.15, -0.1) is 0 Å². The predicted octanol–water partition coefficient (Wildman–Crippen LogP) is 1.80. The molecule has 0 bridgehead atoms. The molecular weight excluding hydrogens is 190 g/mol. The van der Waals surface area contributed by atoms with Gasteiger partial charge in [-0.25, -0.2) is 5.90 Å². The Hall–Kier alpha value is -0.900. The van der Waals surface area contributed by atoms with E-state index in [1.807, 2.05) is 12.1 Å². The molecule has 15 heavy (non-hydrogen) atoms. The lowest BCUT2D eigenvalue weighted by Crippen LogP contribution is -2.14. The van der Waals surface area contributed by atoms with E-state index in [9.17, 15) is 0 Å². The first kappa shape index (κ1) is 10.6. The zero-order valence-corrected chi connectivity index (χ0v) is 9.03. The molecule has 0 amide bonds. The molecule has 1 aromatic carbocycles. The Morgan fingerprint density at radius 2 is 1.80 bits per heavy atom. The van der Waals surface area contributed by atoms with Crippen LogP contribution >= 0.6 is 0 Å². The third-order valence-corrected chi connectivity index (χ3v) is 3.04. The van der Waals surface area contributed by atoms with Gasteiger partial charge in [-0.05, 0) is 24.0 Å². The van der Waals surface area contributed by atoms with Crippen LogP contribution in [0.25, 0.3) is 0 Å². The lowest BCUT2D eigenvalue weighted by molar-refractivity contribution is 0.0807. The zero-order valence-electron chi connectivity index (χ0n) is 9.03. The Kier molecular flexibility index (Phi) is 3.05. The van der Waals surface area contributed by atoms with Gasteiger partial charge in [0.2, 0.25) is 0 Å². The highest BCUT2D eigenvalue weighted by Gasteiger charge is 2.42. The van der Waals surface area contributed by atoms with E-state index in [-0.39, 0.29) is 5.60 Å². The van der Waals surface area contributed by atoms with Gasteiger partial charge in [-0.1, -0.05) is 24.3 Å². The van der Waals surface area contributed by atoms with Crippen molar-refractivity contribution < 1.29 is 9.57 Å². The molecule has 2 rings (SSSR count). The van der Waals surface area contributed by atoms with Gasteiger partial charge in [0.1, 0.15) is 0 Å². The number of hydrogen-bond donors (Lipinski definition) is 1. The minimum atomic E-state index is 0.131. The third-order valence-electron chi connectivity index (χ3n) is 3.04. The van der Waals surface area contributed by atoms with Crippen LogP contribution in [0.4, 0.5) is 0 Å². The maximum Gasteiger partial charge on any atom is 0.0930 e. The van der Waals surface area contributed by atoms with Crippen molar-refractivity contribution in [1.82, 2.24) is 0 Å². The molecule has 0 radical (unpaired) electrons. The molecule has 1 aliphatic rings. The van der Waals surface area contributed by atoms with Crippen molar-refractivity contribution in [3.8, 4) is 0 Å². The standard InChI is InChI=1S/C12H17NO2/c1-14-12(6-7-12)8-10-2-4-11(5-3-10)9-15-13/h2-5H,6-9,13H2,1H3. The van der Waals surface area contributed by atoms with Crippen molar-refractivity contribution in [3.05, 3.63) is 35.4 Å². The van der Waals surface area contributed by atoms with Crippen LogP contribution in [-0.4, -0.2) is 12.7 Å². The number of rotatable bonds is 5. The predicted molar refractivity (Wildman–Crippen MR) is 58.1 cm³/mol. The van der Waals surface area contributed by atoms with Crippen molar-refractivity contribution in [2.75, 3.05) is 7.11 Å². The summed E-state index contributed by atoms with van der Waals surface area (Å²) in [7, 11) is 1.80. The first-order chi connectivity index (χ1) is 7.28. The van der Waals surface area contributed by atoms with Gasteiger partial charge < -0.3 is 4.74 Å². The van der Waals surface area contributed by atoms with Crippen LogP contribution in [-0.2, 0) is 22.6 Å². The quantitative estimate of drug-likeness (QED) is 0.749. The second kappa shape index (κ2) is 4.31.